The minimum atomic E-state index is -1.34. The number of methoxy groups -OCH3 is 2. The molecule has 3 rings (SSSR count). The van der Waals surface area contributed by atoms with Crippen LogP contribution in [0.5, 0.6) is 11.5 Å². The van der Waals surface area contributed by atoms with Gasteiger partial charge in [-0.25, -0.2) is 4.79 Å². The monoisotopic (exact) mass is 472 g/mol. The standard InChI is InChI=1S/C24H32N4O6/c1-7-34-22(30)19-13-20-21(29)28(16-10-17(32-5)12-18(11-16)33-6)24(4,14-27(20)26-19)23(31)25-9-8-15(2)3/h10-13,15H,7-9,14H2,1-6H3,(H,25,31). The highest BCUT2D eigenvalue weighted by molar-refractivity contribution is 6.12. The zero-order valence-electron chi connectivity index (χ0n) is 20.5. The Labute approximate surface area is 199 Å². The molecule has 1 atom stereocenters. The molecule has 34 heavy (non-hydrogen) atoms. The van der Waals surface area contributed by atoms with Crippen molar-refractivity contribution in [2.45, 2.75) is 46.2 Å². The van der Waals surface area contributed by atoms with Crippen molar-refractivity contribution in [3.05, 3.63) is 35.7 Å². The highest BCUT2D eigenvalue weighted by Crippen LogP contribution is 2.37. The Morgan fingerprint density at radius 3 is 2.35 bits per heavy atom. The SMILES string of the molecule is CCOC(=O)c1cc2n(n1)CC(C)(C(=O)NCCC(C)C)N(c1cc(OC)cc(OC)c1)C2=O. The molecule has 0 bridgehead atoms. The number of nitrogens with one attached hydrogen (secondary N) is 1. The van der Waals surface area contributed by atoms with Crippen molar-refractivity contribution in [3.8, 4) is 11.5 Å². The van der Waals surface area contributed by atoms with E-state index in [0.717, 1.165) is 6.42 Å². The van der Waals surface area contributed by atoms with Crippen LogP contribution in [0.3, 0.4) is 0 Å². The number of benzene rings is 1. The van der Waals surface area contributed by atoms with Crippen LogP contribution in [0.15, 0.2) is 24.3 Å². The minimum Gasteiger partial charge on any atom is -0.497 e. The number of amides is 2. The number of fused-ring (bicyclic) bond motifs is 1. The zero-order valence-corrected chi connectivity index (χ0v) is 20.5. The highest BCUT2D eigenvalue weighted by atomic mass is 16.5. The summed E-state index contributed by atoms with van der Waals surface area (Å²) in [7, 11) is 3.02. The van der Waals surface area contributed by atoms with Crippen LogP contribution < -0.4 is 19.7 Å². The molecular weight excluding hydrogens is 440 g/mol. The summed E-state index contributed by atoms with van der Waals surface area (Å²) in [4.78, 5) is 40.9. The summed E-state index contributed by atoms with van der Waals surface area (Å²) in [6.07, 6.45) is 0.794. The van der Waals surface area contributed by atoms with Gasteiger partial charge in [0, 0.05) is 30.8 Å². The summed E-state index contributed by atoms with van der Waals surface area (Å²) in [5, 5.41) is 7.22. The Balaban J connectivity index is 2.10. The van der Waals surface area contributed by atoms with E-state index in [0.29, 0.717) is 29.6 Å². The predicted octanol–water partition coefficient (Wildman–Crippen LogP) is 2.66. The number of hydrogen-bond acceptors (Lipinski definition) is 7. The molecule has 1 aromatic heterocycles. The predicted molar refractivity (Wildman–Crippen MR) is 125 cm³/mol. The van der Waals surface area contributed by atoms with Crippen molar-refractivity contribution in [1.29, 1.82) is 0 Å². The second-order valence-electron chi connectivity index (χ2n) is 8.72. The first-order chi connectivity index (χ1) is 16.1. The van der Waals surface area contributed by atoms with Gasteiger partial charge >= 0.3 is 5.97 Å². The quantitative estimate of drug-likeness (QED) is 0.559. The van der Waals surface area contributed by atoms with Gasteiger partial charge in [-0.05, 0) is 26.2 Å². The van der Waals surface area contributed by atoms with Crippen molar-refractivity contribution < 1.29 is 28.6 Å². The molecule has 0 radical (unpaired) electrons. The molecular formula is C24H32N4O6. The van der Waals surface area contributed by atoms with Crippen LogP contribution in [0.2, 0.25) is 0 Å². The molecule has 2 amide bonds. The first kappa shape index (κ1) is 25.1. The molecule has 184 valence electrons. The Morgan fingerprint density at radius 1 is 1.15 bits per heavy atom. The van der Waals surface area contributed by atoms with Gasteiger partial charge in [0.05, 0.1) is 33.1 Å². The van der Waals surface area contributed by atoms with E-state index < -0.39 is 17.4 Å². The third kappa shape index (κ3) is 4.85. The normalized spacial score (nSPS) is 17.4. The number of anilines is 1. The van der Waals surface area contributed by atoms with Gasteiger partial charge in [0.25, 0.3) is 5.91 Å². The van der Waals surface area contributed by atoms with Gasteiger partial charge in [0.15, 0.2) is 5.69 Å². The van der Waals surface area contributed by atoms with E-state index in [1.54, 1.807) is 32.0 Å². The lowest BCUT2D eigenvalue weighted by molar-refractivity contribution is -0.126. The smallest absolute Gasteiger partial charge is 0.358 e. The van der Waals surface area contributed by atoms with E-state index in [1.807, 2.05) is 0 Å². The maximum Gasteiger partial charge on any atom is 0.358 e. The second-order valence-corrected chi connectivity index (χ2v) is 8.72. The third-order valence-corrected chi connectivity index (χ3v) is 5.73. The van der Waals surface area contributed by atoms with Crippen LogP contribution in [-0.4, -0.2) is 60.5 Å². The topological polar surface area (TPSA) is 112 Å². The van der Waals surface area contributed by atoms with Gasteiger partial charge in [0.2, 0.25) is 5.91 Å². The summed E-state index contributed by atoms with van der Waals surface area (Å²) < 4.78 is 17.2. The third-order valence-electron chi connectivity index (χ3n) is 5.73. The molecule has 1 aliphatic rings. The summed E-state index contributed by atoms with van der Waals surface area (Å²) >= 11 is 0. The molecule has 0 aliphatic carbocycles. The first-order valence-electron chi connectivity index (χ1n) is 11.3. The van der Waals surface area contributed by atoms with E-state index in [2.05, 4.69) is 24.3 Å². The Morgan fingerprint density at radius 2 is 1.79 bits per heavy atom. The maximum atomic E-state index is 13.8. The van der Waals surface area contributed by atoms with E-state index in [4.69, 9.17) is 14.2 Å². The van der Waals surface area contributed by atoms with Crippen LogP contribution in [-0.2, 0) is 16.1 Å². The molecule has 1 aliphatic heterocycles. The number of carbonyl (C=O) groups excluding carboxylic acids is 3. The number of nitrogens with zero attached hydrogens (tertiary/aromatic N) is 3. The lowest BCUT2D eigenvalue weighted by atomic mass is 9.93. The van der Waals surface area contributed by atoms with Crippen molar-refractivity contribution in [1.82, 2.24) is 15.1 Å². The van der Waals surface area contributed by atoms with E-state index in [1.165, 1.54) is 29.9 Å². The summed E-state index contributed by atoms with van der Waals surface area (Å²) in [6.45, 7) is 8.20. The second kappa shape index (κ2) is 10.1. The molecule has 0 saturated carbocycles. The minimum absolute atomic E-state index is 0.0119. The van der Waals surface area contributed by atoms with Crippen LogP contribution in [0, 0.1) is 5.92 Å². The molecule has 0 fully saturated rings. The van der Waals surface area contributed by atoms with Crippen LogP contribution in [0.4, 0.5) is 5.69 Å². The number of ether oxygens (including phenoxy) is 3. The lowest BCUT2D eigenvalue weighted by Gasteiger charge is -2.43. The summed E-state index contributed by atoms with van der Waals surface area (Å²) in [5.41, 5.74) is -0.723. The summed E-state index contributed by atoms with van der Waals surface area (Å²) in [6, 6.07) is 6.40. The molecule has 1 aromatic carbocycles. The Bertz CT molecular complexity index is 1060. The Kier molecular flexibility index (Phi) is 7.48. The van der Waals surface area contributed by atoms with Gasteiger partial charge in [-0.3, -0.25) is 19.2 Å². The van der Waals surface area contributed by atoms with Gasteiger partial charge < -0.3 is 19.5 Å². The van der Waals surface area contributed by atoms with E-state index in [-0.39, 0.29) is 30.4 Å². The van der Waals surface area contributed by atoms with E-state index >= 15 is 0 Å². The molecule has 0 spiro atoms. The van der Waals surface area contributed by atoms with E-state index in [9.17, 15) is 14.4 Å². The molecule has 1 unspecified atom stereocenters. The van der Waals surface area contributed by atoms with Crippen molar-refractivity contribution in [2.24, 2.45) is 5.92 Å². The number of rotatable bonds is 9. The van der Waals surface area contributed by atoms with Crippen LogP contribution >= 0.6 is 0 Å². The average molecular weight is 473 g/mol. The number of hydrogen-bond donors (Lipinski definition) is 1. The molecule has 10 heteroatoms. The molecule has 2 aromatic rings. The van der Waals surface area contributed by atoms with Crippen LogP contribution in [0.25, 0.3) is 0 Å². The molecule has 10 nitrogen and oxygen atoms in total. The fourth-order valence-electron chi connectivity index (χ4n) is 3.88. The van der Waals surface area contributed by atoms with Crippen molar-refractivity contribution >= 4 is 23.5 Å². The maximum absolute atomic E-state index is 13.8. The number of carbonyl (C=O) groups is 3. The van der Waals surface area contributed by atoms with Crippen molar-refractivity contribution in [3.63, 3.8) is 0 Å². The molecule has 0 saturated heterocycles. The van der Waals surface area contributed by atoms with Gasteiger partial charge in [-0.15, -0.1) is 0 Å². The lowest BCUT2D eigenvalue weighted by Crippen LogP contribution is -2.64. The molecule has 1 N–H and O–H groups in total. The zero-order chi connectivity index (χ0) is 25.0. The fraction of sp³-hybridized carbons (Fsp3) is 0.500. The van der Waals surface area contributed by atoms with Gasteiger partial charge in [-0.1, -0.05) is 13.8 Å². The molecule has 2 heterocycles. The van der Waals surface area contributed by atoms with Crippen LogP contribution in [0.1, 0.15) is 55.1 Å². The van der Waals surface area contributed by atoms with Gasteiger partial charge in [-0.2, -0.15) is 5.10 Å². The average Bonchev–Trinajstić information content (AvgIpc) is 3.22. The van der Waals surface area contributed by atoms with Gasteiger partial charge in [0.1, 0.15) is 22.7 Å². The number of aromatic nitrogens is 2. The fourth-order valence-corrected chi connectivity index (χ4v) is 3.88. The van der Waals surface area contributed by atoms with Crippen molar-refractivity contribution in [2.75, 3.05) is 32.3 Å². The summed E-state index contributed by atoms with van der Waals surface area (Å²) in [5.74, 6) is -0.0974. The highest BCUT2D eigenvalue weighted by Gasteiger charge is 2.49. The number of esters is 1. The first-order valence-corrected chi connectivity index (χ1v) is 11.3. The Hall–Kier alpha value is -3.56. The largest absolute Gasteiger partial charge is 0.497 e.